The molecule has 2 aromatic rings. The Morgan fingerprint density at radius 1 is 1.33 bits per heavy atom. The van der Waals surface area contributed by atoms with Crippen LogP contribution in [0.1, 0.15) is 12.5 Å². The van der Waals surface area contributed by atoms with Crippen molar-refractivity contribution in [3.8, 4) is 0 Å². The van der Waals surface area contributed by atoms with Gasteiger partial charge in [-0.25, -0.2) is 19.4 Å². The summed E-state index contributed by atoms with van der Waals surface area (Å²) in [6.45, 7) is 4.73. The Morgan fingerprint density at radius 3 is 2.71 bits per heavy atom. The maximum absolute atomic E-state index is 13.7. The summed E-state index contributed by atoms with van der Waals surface area (Å²) in [5, 5.41) is 3.01. The predicted octanol–water partition coefficient (Wildman–Crippen LogP) is 3.28. The second kappa shape index (κ2) is 6.78. The van der Waals surface area contributed by atoms with Crippen LogP contribution in [0.5, 0.6) is 0 Å². The largest absolute Gasteiger partial charge is 0.366 e. The van der Waals surface area contributed by atoms with Crippen LogP contribution >= 0.6 is 0 Å². The highest BCUT2D eigenvalue weighted by Gasteiger charge is 2.08. The van der Waals surface area contributed by atoms with Crippen LogP contribution in [0, 0.1) is 12.7 Å². The SMILES string of the molecule is CCN(C)C=Nc1cc(F)cc(Nc2ncccn2)c1C. The lowest BCUT2D eigenvalue weighted by Gasteiger charge is -2.12. The summed E-state index contributed by atoms with van der Waals surface area (Å²) in [5.74, 6) is 0.0668. The minimum absolute atomic E-state index is 0.356. The van der Waals surface area contributed by atoms with Gasteiger partial charge in [0.2, 0.25) is 5.95 Å². The van der Waals surface area contributed by atoms with Crippen LogP contribution in [-0.2, 0) is 0 Å². The van der Waals surface area contributed by atoms with Gasteiger partial charge in [-0.05, 0) is 37.6 Å². The Labute approximate surface area is 123 Å². The van der Waals surface area contributed by atoms with Crippen molar-refractivity contribution in [2.75, 3.05) is 18.9 Å². The second-order valence-electron chi connectivity index (χ2n) is 4.61. The second-order valence-corrected chi connectivity index (χ2v) is 4.61. The Balaban J connectivity index is 2.30. The van der Waals surface area contributed by atoms with Crippen LogP contribution < -0.4 is 5.32 Å². The molecular formula is C15H18FN5. The predicted molar refractivity (Wildman–Crippen MR) is 82.9 cm³/mol. The fraction of sp³-hybridized carbons (Fsp3) is 0.267. The first-order chi connectivity index (χ1) is 10.1. The van der Waals surface area contributed by atoms with E-state index in [1.54, 1.807) is 24.8 Å². The summed E-state index contributed by atoms with van der Waals surface area (Å²) in [6.07, 6.45) is 4.93. The molecule has 0 saturated heterocycles. The lowest BCUT2D eigenvalue weighted by Crippen LogP contribution is -2.14. The van der Waals surface area contributed by atoms with Crippen molar-refractivity contribution in [3.05, 3.63) is 42.0 Å². The number of rotatable bonds is 5. The topological polar surface area (TPSA) is 53.4 Å². The highest BCUT2D eigenvalue weighted by molar-refractivity contribution is 5.70. The fourth-order valence-corrected chi connectivity index (χ4v) is 1.66. The number of hydrogen-bond acceptors (Lipinski definition) is 4. The average molecular weight is 287 g/mol. The van der Waals surface area contributed by atoms with E-state index in [2.05, 4.69) is 20.3 Å². The molecule has 0 aliphatic carbocycles. The Kier molecular flexibility index (Phi) is 4.81. The molecule has 21 heavy (non-hydrogen) atoms. The summed E-state index contributed by atoms with van der Waals surface area (Å²) in [5.41, 5.74) is 2.02. The van der Waals surface area contributed by atoms with Crippen molar-refractivity contribution >= 4 is 23.7 Å². The standard InChI is InChI=1S/C15H18FN5/c1-4-21(3)10-19-13-8-12(16)9-14(11(13)2)20-15-17-6-5-7-18-15/h5-10H,4H2,1-3H3,(H,17,18,20). The lowest BCUT2D eigenvalue weighted by atomic mass is 10.1. The minimum Gasteiger partial charge on any atom is -0.366 e. The first-order valence-electron chi connectivity index (χ1n) is 6.68. The van der Waals surface area contributed by atoms with E-state index in [0.717, 1.165) is 12.1 Å². The lowest BCUT2D eigenvalue weighted by molar-refractivity contribution is 0.552. The average Bonchev–Trinajstić information content (AvgIpc) is 2.49. The number of aromatic nitrogens is 2. The van der Waals surface area contributed by atoms with E-state index in [1.165, 1.54) is 12.1 Å². The number of aliphatic imine (C=N–C) groups is 1. The molecule has 2 rings (SSSR count). The molecule has 0 bridgehead atoms. The van der Waals surface area contributed by atoms with E-state index in [-0.39, 0.29) is 5.82 Å². The fourth-order valence-electron chi connectivity index (χ4n) is 1.66. The van der Waals surface area contributed by atoms with Crippen LogP contribution in [0.4, 0.5) is 21.7 Å². The molecule has 0 amide bonds. The summed E-state index contributed by atoms with van der Waals surface area (Å²) in [4.78, 5) is 14.4. The molecular weight excluding hydrogens is 269 g/mol. The first kappa shape index (κ1) is 14.9. The van der Waals surface area contributed by atoms with Gasteiger partial charge in [-0.3, -0.25) is 0 Å². The van der Waals surface area contributed by atoms with Gasteiger partial charge < -0.3 is 10.2 Å². The molecule has 0 fully saturated rings. The molecule has 5 nitrogen and oxygen atoms in total. The smallest absolute Gasteiger partial charge is 0.227 e. The zero-order valence-electron chi connectivity index (χ0n) is 12.3. The van der Waals surface area contributed by atoms with Gasteiger partial charge in [-0.1, -0.05) is 0 Å². The Morgan fingerprint density at radius 2 is 2.05 bits per heavy atom. The number of nitrogens with one attached hydrogen (secondary N) is 1. The molecule has 0 atom stereocenters. The normalized spacial score (nSPS) is 10.9. The van der Waals surface area contributed by atoms with Crippen molar-refractivity contribution in [2.24, 2.45) is 4.99 Å². The quantitative estimate of drug-likeness (QED) is 0.677. The van der Waals surface area contributed by atoms with Crippen molar-refractivity contribution in [2.45, 2.75) is 13.8 Å². The van der Waals surface area contributed by atoms with Gasteiger partial charge in [-0.15, -0.1) is 0 Å². The number of benzene rings is 1. The third kappa shape index (κ3) is 3.98. The van der Waals surface area contributed by atoms with Crippen molar-refractivity contribution in [1.29, 1.82) is 0 Å². The summed E-state index contributed by atoms with van der Waals surface area (Å²) < 4.78 is 13.7. The zero-order valence-corrected chi connectivity index (χ0v) is 12.3. The van der Waals surface area contributed by atoms with Crippen LogP contribution in [0.25, 0.3) is 0 Å². The van der Waals surface area contributed by atoms with E-state index in [4.69, 9.17) is 0 Å². The van der Waals surface area contributed by atoms with Crippen LogP contribution in [0.15, 0.2) is 35.6 Å². The van der Waals surface area contributed by atoms with E-state index in [0.29, 0.717) is 17.3 Å². The van der Waals surface area contributed by atoms with Crippen LogP contribution in [-0.4, -0.2) is 34.8 Å². The van der Waals surface area contributed by atoms with Gasteiger partial charge in [0, 0.05) is 31.7 Å². The molecule has 1 aromatic carbocycles. The first-order valence-corrected chi connectivity index (χ1v) is 6.68. The number of halogens is 1. The van der Waals surface area contributed by atoms with E-state index in [9.17, 15) is 4.39 Å². The molecule has 110 valence electrons. The van der Waals surface area contributed by atoms with Crippen molar-refractivity contribution in [1.82, 2.24) is 14.9 Å². The molecule has 0 aliphatic rings. The summed E-state index contributed by atoms with van der Waals surface area (Å²) in [6, 6.07) is 4.54. The van der Waals surface area contributed by atoms with E-state index in [1.807, 2.05) is 25.8 Å². The highest BCUT2D eigenvalue weighted by atomic mass is 19.1. The van der Waals surface area contributed by atoms with Gasteiger partial charge >= 0.3 is 0 Å². The van der Waals surface area contributed by atoms with E-state index < -0.39 is 0 Å². The number of hydrogen-bond donors (Lipinski definition) is 1. The summed E-state index contributed by atoms with van der Waals surface area (Å²) >= 11 is 0. The molecule has 0 unspecified atom stereocenters. The molecule has 6 heteroatoms. The number of nitrogens with zero attached hydrogens (tertiary/aromatic N) is 4. The molecule has 0 spiro atoms. The molecule has 1 N–H and O–H groups in total. The molecule has 0 aliphatic heterocycles. The zero-order chi connectivity index (χ0) is 15.2. The maximum atomic E-state index is 13.7. The molecule has 1 aromatic heterocycles. The number of anilines is 2. The van der Waals surface area contributed by atoms with Gasteiger partial charge in [0.1, 0.15) is 5.82 Å². The molecule has 0 saturated carbocycles. The van der Waals surface area contributed by atoms with Crippen LogP contribution in [0.2, 0.25) is 0 Å². The van der Waals surface area contributed by atoms with Crippen molar-refractivity contribution < 1.29 is 4.39 Å². The Hall–Kier alpha value is -2.50. The molecule has 0 radical (unpaired) electrons. The van der Waals surface area contributed by atoms with Crippen molar-refractivity contribution in [3.63, 3.8) is 0 Å². The molecule has 1 heterocycles. The highest BCUT2D eigenvalue weighted by Crippen LogP contribution is 2.28. The van der Waals surface area contributed by atoms with Gasteiger partial charge in [0.25, 0.3) is 0 Å². The summed E-state index contributed by atoms with van der Waals surface area (Å²) in [7, 11) is 1.91. The monoisotopic (exact) mass is 287 g/mol. The van der Waals surface area contributed by atoms with Crippen LogP contribution in [0.3, 0.4) is 0 Å². The third-order valence-electron chi connectivity index (χ3n) is 3.05. The Bertz CT molecular complexity index is 627. The van der Waals surface area contributed by atoms with Gasteiger partial charge in [-0.2, -0.15) is 0 Å². The van der Waals surface area contributed by atoms with Gasteiger partial charge in [0.15, 0.2) is 0 Å². The van der Waals surface area contributed by atoms with E-state index >= 15 is 0 Å². The minimum atomic E-state index is -0.356. The third-order valence-corrected chi connectivity index (χ3v) is 3.05. The maximum Gasteiger partial charge on any atom is 0.227 e. The van der Waals surface area contributed by atoms with Gasteiger partial charge in [0.05, 0.1) is 12.0 Å².